The van der Waals surface area contributed by atoms with Crippen molar-refractivity contribution < 1.29 is 0 Å². The van der Waals surface area contributed by atoms with Gasteiger partial charge >= 0.3 is 0 Å². The van der Waals surface area contributed by atoms with Crippen molar-refractivity contribution >= 4 is 0 Å². The van der Waals surface area contributed by atoms with Crippen LogP contribution in [0.15, 0.2) is 6.20 Å². The quantitative estimate of drug-likeness (QED) is 0.549. The maximum atomic E-state index is 3.95. The van der Waals surface area contributed by atoms with Crippen molar-refractivity contribution in [2.75, 3.05) is 0 Å². The van der Waals surface area contributed by atoms with Crippen LogP contribution in [0.2, 0.25) is 0 Å². The van der Waals surface area contributed by atoms with Crippen LogP contribution >= 0.6 is 0 Å². The number of hydrogen-bond donors (Lipinski definition) is 1. The van der Waals surface area contributed by atoms with Gasteiger partial charge in [-0.15, -0.1) is 0 Å². The first-order chi connectivity index (χ1) is 4.36. The summed E-state index contributed by atoms with van der Waals surface area (Å²) < 4.78 is 0. The van der Waals surface area contributed by atoms with E-state index in [2.05, 4.69) is 17.1 Å². The van der Waals surface area contributed by atoms with Crippen LogP contribution in [0.5, 0.6) is 0 Å². The molecule has 0 aliphatic heterocycles. The standard InChI is InChI=1S/C7H10N2/c1-5-2-6-4-8-9-7(6)3-5/h4-5H,2-3H2,1H3,(H,8,9). The van der Waals surface area contributed by atoms with E-state index in [0.29, 0.717) is 0 Å². The summed E-state index contributed by atoms with van der Waals surface area (Å²) in [5.74, 6) is 0.828. The Hall–Kier alpha value is -0.790. The van der Waals surface area contributed by atoms with E-state index in [9.17, 15) is 0 Å². The lowest BCUT2D eigenvalue weighted by molar-refractivity contribution is 0.616. The molecule has 1 unspecified atom stereocenters. The third kappa shape index (κ3) is 0.661. The van der Waals surface area contributed by atoms with Crippen molar-refractivity contribution in [1.82, 2.24) is 10.2 Å². The van der Waals surface area contributed by atoms with Crippen molar-refractivity contribution in [2.24, 2.45) is 5.92 Å². The Kier molecular flexibility index (Phi) is 0.891. The highest BCUT2D eigenvalue weighted by atomic mass is 15.1. The van der Waals surface area contributed by atoms with Gasteiger partial charge in [0.05, 0.1) is 6.20 Å². The summed E-state index contributed by atoms with van der Waals surface area (Å²) >= 11 is 0. The minimum absolute atomic E-state index is 0.828. The second kappa shape index (κ2) is 1.59. The number of rotatable bonds is 0. The molecule has 48 valence electrons. The lowest BCUT2D eigenvalue weighted by Crippen LogP contribution is -1.91. The monoisotopic (exact) mass is 122 g/mol. The maximum Gasteiger partial charge on any atom is 0.0522 e. The number of fused-ring (bicyclic) bond motifs is 1. The molecule has 1 aliphatic rings. The fourth-order valence-corrected chi connectivity index (χ4v) is 1.49. The average molecular weight is 122 g/mol. The van der Waals surface area contributed by atoms with Gasteiger partial charge in [0.2, 0.25) is 0 Å². The van der Waals surface area contributed by atoms with Gasteiger partial charge in [-0.1, -0.05) is 6.92 Å². The van der Waals surface area contributed by atoms with Gasteiger partial charge in [-0.05, 0) is 24.3 Å². The third-order valence-electron chi connectivity index (χ3n) is 1.93. The molecule has 0 aromatic carbocycles. The van der Waals surface area contributed by atoms with E-state index < -0.39 is 0 Å². The van der Waals surface area contributed by atoms with E-state index in [1.54, 1.807) is 0 Å². The van der Waals surface area contributed by atoms with Crippen LogP contribution < -0.4 is 0 Å². The number of hydrogen-bond acceptors (Lipinski definition) is 1. The molecule has 1 atom stereocenters. The molecule has 0 spiro atoms. The lowest BCUT2D eigenvalue weighted by Gasteiger charge is -1.94. The number of aromatic amines is 1. The van der Waals surface area contributed by atoms with Gasteiger partial charge in [0.15, 0.2) is 0 Å². The Morgan fingerprint density at radius 1 is 1.67 bits per heavy atom. The van der Waals surface area contributed by atoms with Gasteiger partial charge in [0.25, 0.3) is 0 Å². The maximum absolute atomic E-state index is 3.95. The van der Waals surface area contributed by atoms with Crippen molar-refractivity contribution in [3.05, 3.63) is 17.5 Å². The predicted octanol–water partition coefficient (Wildman–Crippen LogP) is 1.14. The van der Waals surface area contributed by atoms with Crippen LogP contribution in [0, 0.1) is 5.92 Å². The average Bonchev–Trinajstić information content (AvgIpc) is 2.22. The summed E-state index contributed by atoms with van der Waals surface area (Å²) in [6, 6.07) is 0. The van der Waals surface area contributed by atoms with Crippen molar-refractivity contribution in [2.45, 2.75) is 19.8 Å². The summed E-state index contributed by atoms with van der Waals surface area (Å²) in [4.78, 5) is 0. The van der Waals surface area contributed by atoms with Gasteiger partial charge in [-0.2, -0.15) is 5.10 Å². The highest BCUT2D eigenvalue weighted by Crippen LogP contribution is 2.23. The molecule has 1 aromatic heterocycles. The second-order valence-corrected chi connectivity index (χ2v) is 2.89. The highest BCUT2D eigenvalue weighted by molar-refractivity contribution is 5.22. The van der Waals surface area contributed by atoms with Crippen LogP contribution in [-0.2, 0) is 12.8 Å². The SMILES string of the molecule is CC1Cc2cn[nH]c2C1. The molecule has 2 rings (SSSR count). The van der Waals surface area contributed by atoms with Crippen LogP contribution in [-0.4, -0.2) is 10.2 Å². The van der Waals surface area contributed by atoms with Crippen LogP contribution in [0.4, 0.5) is 0 Å². The summed E-state index contributed by atoms with van der Waals surface area (Å²) in [6.45, 7) is 2.27. The van der Waals surface area contributed by atoms with Gasteiger partial charge in [0, 0.05) is 5.69 Å². The van der Waals surface area contributed by atoms with Gasteiger partial charge < -0.3 is 0 Å². The first-order valence-corrected chi connectivity index (χ1v) is 3.37. The molecule has 0 saturated carbocycles. The van der Waals surface area contributed by atoms with Crippen molar-refractivity contribution in [1.29, 1.82) is 0 Å². The molecule has 0 saturated heterocycles. The Balaban J connectivity index is 2.39. The molecule has 2 nitrogen and oxygen atoms in total. The van der Waals surface area contributed by atoms with Gasteiger partial charge in [-0.3, -0.25) is 5.10 Å². The Bertz CT molecular complexity index is 194. The summed E-state index contributed by atoms with van der Waals surface area (Å²) in [5, 5.41) is 6.95. The fourth-order valence-electron chi connectivity index (χ4n) is 1.49. The summed E-state index contributed by atoms with van der Waals surface area (Å²) in [7, 11) is 0. The predicted molar refractivity (Wildman–Crippen MR) is 35.2 cm³/mol. The molecular formula is C7H10N2. The molecule has 2 heteroatoms. The molecule has 0 amide bonds. The molecule has 1 aliphatic carbocycles. The van der Waals surface area contributed by atoms with E-state index in [1.165, 1.54) is 24.1 Å². The zero-order chi connectivity index (χ0) is 6.27. The van der Waals surface area contributed by atoms with Crippen LogP contribution in [0.1, 0.15) is 18.2 Å². The van der Waals surface area contributed by atoms with Crippen molar-refractivity contribution in [3.8, 4) is 0 Å². The second-order valence-electron chi connectivity index (χ2n) is 2.89. The van der Waals surface area contributed by atoms with E-state index in [-0.39, 0.29) is 0 Å². The Labute approximate surface area is 54.3 Å². The number of H-pyrrole nitrogens is 1. The lowest BCUT2D eigenvalue weighted by atomic mass is 10.1. The van der Waals surface area contributed by atoms with E-state index in [1.807, 2.05) is 6.20 Å². The van der Waals surface area contributed by atoms with E-state index in [0.717, 1.165) is 5.92 Å². The Morgan fingerprint density at radius 3 is 3.33 bits per heavy atom. The number of nitrogens with one attached hydrogen (secondary N) is 1. The molecule has 9 heavy (non-hydrogen) atoms. The highest BCUT2D eigenvalue weighted by Gasteiger charge is 2.18. The zero-order valence-corrected chi connectivity index (χ0v) is 5.52. The molecule has 1 N–H and O–H groups in total. The molecule has 0 radical (unpaired) electrons. The molecule has 0 fully saturated rings. The normalized spacial score (nSPS) is 24.3. The van der Waals surface area contributed by atoms with E-state index in [4.69, 9.17) is 0 Å². The smallest absolute Gasteiger partial charge is 0.0522 e. The Morgan fingerprint density at radius 2 is 2.56 bits per heavy atom. The number of aromatic nitrogens is 2. The summed E-state index contributed by atoms with van der Waals surface area (Å²) in [6.07, 6.45) is 4.35. The first-order valence-electron chi connectivity index (χ1n) is 3.37. The zero-order valence-electron chi connectivity index (χ0n) is 5.52. The largest absolute Gasteiger partial charge is 0.282 e. The molecule has 1 aromatic rings. The first kappa shape index (κ1) is 5.03. The third-order valence-corrected chi connectivity index (χ3v) is 1.93. The minimum atomic E-state index is 0.828. The summed E-state index contributed by atoms with van der Waals surface area (Å²) in [5.41, 5.74) is 2.77. The molecule has 0 bridgehead atoms. The number of nitrogens with zero attached hydrogens (tertiary/aromatic N) is 1. The van der Waals surface area contributed by atoms with Gasteiger partial charge in [-0.25, -0.2) is 0 Å². The molecular weight excluding hydrogens is 112 g/mol. The van der Waals surface area contributed by atoms with Crippen LogP contribution in [0.25, 0.3) is 0 Å². The topological polar surface area (TPSA) is 28.7 Å². The van der Waals surface area contributed by atoms with E-state index >= 15 is 0 Å². The van der Waals surface area contributed by atoms with Crippen LogP contribution in [0.3, 0.4) is 0 Å². The van der Waals surface area contributed by atoms with Crippen molar-refractivity contribution in [3.63, 3.8) is 0 Å². The minimum Gasteiger partial charge on any atom is -0.282 e. The van der Waals surface area contributed by atoms with Gasteiger partial charge in [0.1, 0.15) is 0 Å². The molecule has 1 heterocycles. The fraction of sp³-hybridized carbons (Fsp3) is 0.571.